The van der Waals surface area contributed by atoms with Crippen molar-refractivity contribution in [2.75, 3.05) is 11.1 Å². The van der Waals surface area contributed by atoms with Crippen LogP contribution in [0.2, 0.25) is 0 Å². The van der Waals surface area contributed by atoms with E-state index < -0.39 is 0 Å². The first-order valence-electron chi connectivity index (χ1n) is 6.61. The summed E-state index contributed by atoms with van der Waals surface area (Å²) in [5, 5.41) is 3.42. The molecule has 0 spiro atoms. The Bertz CT molecular complexity index is 408. The fourth-order valence-corrected chi connectivity index (χ4v) is 2.35. The van der Waals surface area contributed by atoms with E-state index in [-0.39, 0.29) is 6.10 Å². The van der Waals surface area contributed by atoms with Gasteiger partial charge in [-0.2, -0.15) is 4.98 Å². The van der Waals surface area contributed by atoms with Gasteiger partial charge in [0, 0.05) is 6.04 Å². The summed E-state index contributed by atoms with van der Waals surface area (Å²) in [6.45, 7) is 6.16. The average Bonchev–Trinajstić information content (AvgIpc) is 2.70. The minimum Gasteiger partial charge on any atom is -0.473 e. The highest BCUT2D eigenvalue weighted by Gasteiger charge is 2.24. The van der Waals surface area contributed by atoms with E-state index in [2.05, 4.69) is 22.2 Å². The van der Waals surface area contributed by atoms with Crippen molar-refractivity contribution in [2.45, 2.75) is 52.2 Å². The molecule has 2 rings (SSSR count). The second-order valence-corrected chi connectivity index (χ2v) is 5.27. The highest BCUT2D eigenvalue weighted by atomic mass is 16.5. The van der Waals surface area contributed by atoms with Crippen LogP contribution in [-0.4, -0.2) is 22.1 Å². The standard InChI is InChI=1S/C13H22N4O/c1-8(2)18-13-11(14)12(15-7-16-13)17-10-6-4-5-9(10)3/h7-10H,4-6,14H2,1-3H3,(H,15,16,17). The molecule has 18 heavy (non-hydrogen) atoms. The molecule has 0 aliphatic heterocycles. The van der Waals surface area contributed by atoms with E-state index in [4.69, 9.17) is 10.5 Å². The van der Waals surface area contributed by atoms with Crippen molar-refractivity contribution in [3.8, 4) is 5.88 Å². The predicted molar refractivity (Wildman–Crippen MR) is 72.6 cm³/mol. The Kier molecular flexibility index (Phi) is 3.89. The number of nitrogen functional groups attached to an aromatic ring is 1. The van der Waals surface area contributed by atoms with Crippen LogP contribution in [0.1, 0.15) is 40.0 Å². The number of nitrogens with two attached hydrogens (primary N) is 1. The van der Waals surface area contributed by atoms with Crippen molar-refractivity contribution in [3.05, 3.63) is 6.33 Å². The molecule has 100 valence electrons. The van der Waals surface area contributed by atoms with Crippen molar-refractivity contribution in [3.63, 3.8) is 0 Å². The second-order valence-electron chi connectivity index (χ2n) is 5.27. The zero-order valence-electron chi connectivity index (χ0n) is 11.3. The van der Waals surface area contributed by atoms with Crippen LogP contribution in [0, 0.1) is 5.92 Å². The minimum atomic E-state index is 0.0560. The smallest absolute Gasteiger partial charge is 0.242 e. The third kappa shape index (κ3) is 2.83. The van der Waals surface area contributed by atoms with Crippen molar-refractivity contribution in [1.82, 2.24) is 9.97 Å². The molecule has 1 aliphatic rings. The molecule has 0 amide bonds. The van der Waals surface area contributed by atoms with Crippen LogP contribution < -0.4 is 15.8 Å². The highest BCUT2D eigenvalue weighted by molar-refractivity contribution is 5.66. The summed E-state index contributed by atoms with van der Waals surface area (Å²) in [5.74, 6) is 1.82. The molecule has 3 N–H and O–H groups in total. The van der Waals surface area contributed by atoms with Crippen LogP contribution in [0.4, 0.5) is 11.5 Å². The minimum absolute atomic E-state index is 0.0560. The molecule has 0 radical (unpaired) electrons. The van der Waals surface area contributed by atoms with E-state index in [0.717, 1.165) is 0 Å². The summed E-state index contributed by atoms with van der Waals surface area (Å²) in [6, 6.07) is 0.453. The summed E-state index contributed by atoms with van der Waals surface area (Å²) < 4.78 is 5.56. The summed E-state index contributed by atoms with van der Waals surface area (Å²) in [6.07, 6.45) is 5.25. The van der Waals surface area contributed by atoms with Crippen molar-refractivity contribution in [1.29, 1.82) is 0 Å². The van der Waals surface area contributed by atoms with Crippen molar-refractivity contribution >= 4 is 11.5 Å². The Labute approximate surface area is 108 Å². The lowest BCUT2D eigenvalue weighted by molar-refractivity contribution is 0.234. The fourth-order valence-electron chi connectivity index (χ4n) is 2.35. The van der Waals surface area contributed by atoms with Crippen LogP contribution in [0.25, 0.3) is 0 Å². The Hall–Kier alpha value is -1.52. The SMILES string of the molecule is CC(C)Oc1ncnc(NC2CCCC2C)c1N. The van der Waals surface area contributed by atoms with Crippen LogP contribution >= 0.6 is 0 Å². The maximum absolute atomic E-state index is 6.04. The van der Waals surface area contributed by atoms with E-state index in [1.807, 2.05) is 13.8 Å². The molecule has 5 heteroatoms. The molecule has 1 aromatic heterocycles. The van der Waals surface area contributed by atoms with Crippen LogP contribution in [0.5, 0.6) is 5.88 Å². The van der Waals surface area contributed by atoms with E-state index in [9.17, 15) is 0 Å². The molecule has 1 aliphatic carbocycles. The maximum atomic E-state index is 6.04. The number of ether oxygens (including phenoxy) is 1. The number of nitrogens with one attached hydrogen (secondary N) is 1. The molecule has 1 aromatic rings. The van der Waals surface area contributed by atoms with E-state index in [1.165, 1.54) is 25.6 Å². The summed E-state index contributed by atoms with van der Waals surface area (Å²) in [7, 11) is 0. The van der Waals surface area contributed by atoms with Crippen molar-refractivity contribution < 1.29 is 4.74 Å². The average molecular weight is 250 g/mol. The Morgan fingerprint density at radius 3 is 2.78 bits per heavy atom. The number of hydrogen-bond acceptors (Lipinski definition) is 5. The Morgan fingerprint density at radius 2 is 2.17 bits per heavy atom. The molecule has 5 nitrogen and oxygen atoms in total. The van der Waals surface area contributed by atoms with E-state index in [1.54, 1.807) is 0 Å². The molecule has 2 unspecified atom stereocenters. The molecule has 0 saturated heterocycles. The number of nitrogens with zero attached hydrogens (tertiary/aromatic N) is 2. The molecular formula is C13H22N4O. The third-order valence-electron chi connectivity index (χ3n) is 3.38. The zero-order valence-corrected chi connectivity index (χ0v) is 11.3. The Balaban J connectivity index is 2.12. The topological polar surface area (TPSA) is 73.1 Å². The quantitative estimate of drug-likeness (QED) is 0.858. The number of anilines is 2. The van der Waals surface area contributed by atoms with Gasteiger partial charge in [0.1, 0.15) is 12.0 Å². The lowest BCUT2D eigenvalue weighted by Gasteiger charge is -2.20. The molecule has 1 saturated carbocycles. The normalized spacial score (nSPS) is 23.3. The number of hydrogen-bond donors (Lipinski definition) is 2. The van der Waals surface area contributed by atoms with Gasteiger partial charge in [0.15, 0.2) is 5.82 Å². The fraction of sp³-hybridized carbons (Fsp3) is 0.692. The van der Waals surface area contributed by atoms with Gasteiger partial charge < -0.3 is 15.8 Å². The van der Waals surface area contributed by atoms with Crippen molar-refractivity contribution in [2.24, 2.45) is 5.92 Å². The summed E-state index contributed by atoms with van der Waals surface area (Å²) in [4.78, 5) is 8.29. The molecule has 0 aromatic carbocycles. The maximum Gasteiger partial charge on any atom is 0.242 e. The molecule has 1 fully saturated rings. The molecule has 2 atom stereocenters. The first kappa shape index (κ1) is 12.9. The first-order chi connectivity index (χ1) is 8.58. The van der Waals surface area contributed by atoms with Gasteiger partial charge in [-0.1, -0.05) is 13.3 Å². The number of aromatic nitrogens is 2. The number of rotatable bonds is 4. The highest BCUT2D eigenvalue weighted by Crippen LogP contribution is 2.31. The monoisotopic (exact) mass is 250 g/mol. The largest absolute Gasteiger partial charge is 0.473 e. The second kappa shape index (κ2) is 5.42. The molecular weight excluding hydrogens is 228 g/mol. The molecule has 0 bridgehead atoms. The van der Waals surface area contributed by atoms with E-state index >= 15 is 0 Å². The van der Waals surface area contributed by atoms with Crippen LogP contribution in [-0.2, 0) is 0 Å². The molecule has 1 heterocycles. The van der Waals surface area contributed by atoms with Crippen LogP contribution in [0.15, 0.2) is 6.33 Å². The first-order valence-corrected chi connectivity index (χ1v) is 6.61. The van der Waals surface area contributed by atoms with Gasteiger partial charge in [-0.15, -0.1) is 0 Å². The van der Waals surface area contributed by atoms with Gasteiger partial charge in [-0.05, 0) is 32.6 Å². The van der Waals surface area contributed by atoms with Gasteiger partial charge in [0.25, 0.3) is 0 Å². The Morgan fingerprint density at radius 1 is 1.39 bits per heavy atom. The predicted octanol–water partition coefficient (Wildman–Crippen LogP) is 2.45. The third-order valence-corrected chi connectivity index (χ3v) is 3.38. The summed E-state index contributed by atoms with van der Waals surface area (Å²) in [5.41, 5.74) is 6.55. The summed E-state index contributed by atoms with van der Waals surface area (Å²) >= 11 is 0. The van der Waals surface area contributed by atoms with Gasteiger partial charge in [0.2, 0.25) is 5.88 Å². The van der Waals surface area contributed by atoms with Gasteiger partial charge in [-0.3, -0.25) is 0 Å². The van der Waals surface area contributed by atoms with Gasteiger partial charge in [0.05, 0.1) is 6.10 Å². The van der Waals surface area contributed by atoms with Gasteiger partial charge >= 0.3 is 0 Å². The van der Waals surface area contributed by atoms with E-state index in [0.29, 0.717) is 29.3 Å². The lowest BCUT2D eigenvalue weighted by atomic mass is 10.1. The lowest BCUT2D eigenvalue weighted by Crippen LogP contribution is -2.23. The van der Waals surface area contributed by atoms with Gasteiger partial charge in [-0.25, -0.2) is 4.98 Å². The van der Waals surface area contributed by atoms with Crippen LogP contribution in [0.3, 0.4) is 0 Å². The zero-order chi connectivity index (χ0) is 13.1.